The van der Waals surface area contributed by atoms with Crippen molar-refractivity contribution in [2.75, 3.05) is 13.7 Å². The Labute approximate surface area is 111 Å². The summed E-state index contributed by atoms with van der Waals surface area (Å²) >= 11 is 3.39. The summed E-state index contributed by atoms with van der Waals surface area (Å²) in [6, 6.07) is 7.26. The predicted octanol–water partition coefficient (Wildman–Crippen LogP) is 3.05. The lowest BCUT2D eigenvalue weighted by Crippen LogP contribution is -2.27. The first-order chi connectivity index (χ1) is 8.19. The first kappa shape index (κ1) is 14.2. The summed E-state index contributed by atoms with van der Waals surface area (Å²) < 4.78 is 6.17. The van der Waals surface area contributed by atoms with Gasteiger partial charge in [0.15, 0.2) is 0 Å². The highest BCUT2D eigenvalue weighted by Crippen LogP contribution is 2.19. The molecule has 0 aliphatic rings. The van der Waals surface area contributed by atoms with E-state index in [4.69, 9.17) is 4.74 Å². The molecule has 0 fully saturated rings. The van der Waals surface area contributed by atoms with Crippen LogP contribution in [0.25, 0.3) is 0 Å². The van der Waals surface area contributed by atoms with Gasteiger partial charge in [-0.1, -0.05) is 41.4 Å². The van der Waals surface area contributed by atoms with Crippen molar-refractivity contribution in [3.63, 3.8) is 0 Å². The molecule has 4 heteroatoms. The average Bonchev–Trinajstić information content (AvgIpc) is 2.30. The lowest BCUT2D eigenvalue weighted by molar-refractivity contribution is -0.146. The second kappa shape index (κ2) is 7.45. The standard InChI is InChI=1S/C13H18BrNO2/c1-3-4-8-17-13(16)12(15-2)10-6-5-7-11(14)9-10/h5-7,9,12,15H,3-4,8H2,1-2H3. The number of benzene rings is 1. The van der Waals surface area contributed by atoms with Crippen molar-refractivity contribution in [2.24, 2.45) is 0 Å². The van der Waals surface area contributed by atoms with Crippen LogP contribution in [0.2, 0.25) is 0 Å². The minimum Gasteiger partial charge on any atom is -0.464 e. The number of unbranched alkanes of at least 4 members (excludes halogenated alkanes) is 1. The topological polar surface area (TPSA) is 38.3 Å². The highest BCUT2D eigenvalue weighted by molar-refractivity contribution is 9.10. The third-order valence-electron chi connectivity index (χ3n) is 2.45. The second-order valence-corrected chi connectivity index (χ2v) is 4.71. The molecule has 1 unspecified atom stereocenters. The van der Waals surface area contributed by atoms with E-state index in [0.29, 0.717) is 6.61 Å². The molecular weight excluding hydrogens is 282 g/mol. The molecule has 1 N–H and O–H groups in total. The maximum absolute atomic E-state index is 11.9. The Morgan fingerprint density at radius 1 is 1.53 bits per heavy atom. The molecule has 1 atom stereocenters. The van der Waals surface area contributed by atoms with Gasteiger partial charge < -0.3 is 10.1 Å². The number of esters is 1. The number of hydrogen-bond acceptors (Lipinski definition) is 3. The van der Waals surface area contributed by atoms with Gasteiger partial charge >= 0.3 is 5.97 Å². The van der Waals surface area contributed by atoms with Crippen LogP contribution in [0.1, 0.15) is 31.4 Å². The first-order valence-electron chi connectivity index (χ1n) is 5.78. The lowest BCUT2D eigenvalue weighted by Gasteiger charge is -2.15. The van der Waals surface area contributed by atoms with Crippen LogP contribution in [0, 0.1) is 0 Å². The van der Waals surface area contributed by atoms with E-state index in [9.17, 15) is 4.79 Å². The molecule has 0 spiro atoms. The zero-order chi connectivity index (χ0) is 12.7. The van der Waals surface area contributed by atoms with Crippen LogP contribution in [-0.2, 0) is 9.53 Å². The van der Waals surface area contributed by atoms with E-state index < -0.39 is 6.04 Å². The Balaban J connectivity index is 2.67. The van der Waals surface area contributed by atoms with E-state index in [0.717, 1.165) is 22.9 Å². The molecule has 0 heterocycles. The summed E-state index contributed by atoms with van der Waals surface area (Å²) in [6.45, 7) is 2.55. The van der Waals surface area contributed by atoms with Crippen LogP contribution in [0.15, 0.2) is 28.7 Å². The van der Waals surface area contributed by atoms with E-state index in [1.807, 2.05) is 24.3 Å². The Hall–Kier alpha value is -0.870. The quantitative estimate of drug-likeness (QED) is 0.648. The maximum atomic E-state index is 11.9. The van der Waals surface area contributed by atoms with Crippen LogP contribution in [-0.4, -0.2) is 19.6 Å². The van der Waals surface area contributed by atoms with Crippen molar-refractivity contribution in [1.82, 2.24) is 5.32 Å². The van der Waals surface area contributed by atoms with Crippen LogP contribution < -0.4 is 5.32 Å². The minimum atomic E-state index is -0.399. The number of carbonyl (C=O) groups excluding carboxylic acids is 1. The Kier molecular flexibility index (Phi) is 6.22. The zero-order valence-electron chi connectivity index (χ0n) is 10.2. The number of hydrogen-bond donors (Lipinski definition) is 1. The van der Waals surface area contributed by atoms with Crippen molar-refractivity contribution in [2.45, 2.75) is 25.8 Å². The molecule has 0 saturated carbocycles. The number of halogens is 1. The van der Waals surface area contributed by atoms with Crippen molar-refractivity contribution in [3.8, 4) is 0 Å². The average molecular weight is 300 g/mol. The molecule has 1 aromatic carbocycles. The number of carbonyl (C=O) groups is 1. The molecule has 1 aromatic rings. The Bertz CT molecular complexity index is 368. The molecule has 94 valence electrons. The van der Waals surface area contributed by atoms with Gasteiger partial charge in [0.05, 0.1) is 6.61 Å². The summed E-state index contributed by atoms with van der Waals surface area (Å²) in [7, 11) is 1.76. The van der Waals surface area contributed by atoms with Gasteiger partial charge in [-0.15, -0.1) is 0 Å². The molecule has 0 aliphatic carbocycles. The second-order valence-electron chi connectivity index (χ2n) is 3.80. The normalized spacial score (nSPS) is 12.2. The van der Waals surface area contributed by atoms with E-state index >= 15 is 0 Å². The SMILES string of the molecule is CCCCOC(=O)C(NC)c1cccc(Br)c1. The van der Waals surface area contributed by atoms with Gasteiger partial charge in [0.1, 0.15) is 6.04 Å². The van der Waals surface area contributed by atoms with Gasteiger partial charge in [0.2, 0.25) is 0 Å². The zero-order valence-corrected chi connectivity index (χ0v) is 11.8. The molecule has 0 aromatic heterocycles. The van der Waals surface area contributed by atoms with Crippen LogP contribution in [0.4, 0.5) is 0 Å². The fourth-order valence-corrected chi connectivity index (χ4v) is 1.92. The smallest absolute Gasteiger partial charge is 0.327 e. The molecule has 0 amide bonds. The van der Waals surface area contributed by atoms with Gasteiger partial charge in [-0.3, -0.25) is 0 Å². The highest BCUT2D eigenvalue weighted by atomic mass is 79.9. The monoisotopic (exact) mass is 299 g/mol. The lowest BCUT2D eigenvalue weighted by atomic mass is 10.1. The minimum absolute atomic E-state index is 0.223. The molecule has 0 saturated heterocycles. The highest BCUT2D eigenvalue weighted by Gasteiger charge is 2.19. The predicted molar refractivity (Wildman–Crippen MR) is 71.8 cm³/mol. The third kappa shape index (κ3) is 4.48. The van der Waals surface area contributed by atoms with Crippen molar-refractivity contribution in [1.29, 1.82) is 0 Å². The van der Waals surface area contributed by atoms with Gasteiger partial charge in [0.25, 0.3) is 0 Å². The number of rotatable bonds is 6. The summed E-state index contributed by atoms with van der Waals surface area (Å²) in [5, 5.41) is 2.98. The van der Waals surface area contributed by atoms with Gasteiger partial charge in [-0.25, -0.2) is 4.79 Å². The van der Waals surface area contributed by atoms with E-state index in [-0.39, 0.29) is 5.97 Å². The number of nitrogens with one attached hydrogen (secondary N) is 1. The number of ether oxygens (including phenoxy) is 1. The summed E-state index contributed by atoms with van der Waals surface area (Å²) in [5.41, 5.74) is 0.906. The van der Waals surface area contributed by atoms with Gasteiger partial charge in [-0.2, -0.15) is 0 Å². The van der Waals surface area contributed by atoms with E-state index in [1.54, 1.807) is 7.05 Å². The van der Waals surface area contributed by atoms with E-state index in [1.165, 1.54) is 0 Å². The van der Waals surface area contributed by atoms with Gasteiger partial charge in [-0.05, 0) is 31.2 Å². The summed E-state index contributed by atoms with van der Waals surface area (Å²) in [4.78, 5) is 11.9. The fraction of sp³-hybridized carbons (Fsp3) is 0.462. The van der Waals surface area contributed by atoms with E-state index in [2.05, 4.69) is 28.2 Å². The Morgan fingerprint density at radius 2 is 2.29 bits per heavy atom. The largest absolute Gasteiger partial charge is 0.464 e. The van der Waals surface area contributed by atoms with Crippen molar-refractivity contribution >= 4 is 21.9 Å². The van der Waals surface area contributed by atoms with Crippen molar-refractivity contribution < 1.29 is 9.53 Å². The molecule has 0 aliphatic heterocycles. The molecular formula is C13H18BrNO2. The first-order valence-corrected chi connectivity index (χ1v) is 6.57. The van der Waals surface area contributed by atoms with Crippen molar-refractivity contribution in [3.05, 3.63) is 34.3 Å². The summed E-state index contributed by atoms with van der Waals surface area (Å²) in [6.07, 6.45) is 1.93. The Morgan fingerprint density at radius 3 is 2.88 bits per heavy atom. The maximum Gasteiger partial charge on any atom is 0.327 e. The van der Waals surface area contributed by atoms with Crippen LogP contribution in [0.5, 0.6) is 0 Å². The summed E-state index contributed by atoms with van der Waals surface area (Å²) in [5.74, 6) is -0.223. The van der Waals surface area contributed by atoms with Crippen LogP contribution >= 0.6 is 15.9 Å². The molecule has 17 heavy (non-hydrogen) atoms. The van der Waals surface area contributed by atoms with Crippen LogP contribution in [0.3, 0.4) is 0 Å². The molecule has 1 rings (SSSR count). The third-order valence-corrected chi connectivity index (χ3v) is 2.94. The molecule has 0 radical (unpaired) electrons. The molecule has 3 nitrogen and oxygen atoms in total. The molecule has 0 bridgehead atoms. The van der Waals surface area contributed by atoms with Gasteiger partial charge in [0, 0.05) is 4.47 Å². The fourth-order valence-electron chi connectivity index (χ4n) is 1.51. The number of likely N-dealkylation sites (N-methyl/N-ethyl adjacent to an activating group) is 1.